The summed E-state index contributed by atoms with van der Waals surface area (Å²) in [7, 11) is 0. The van der Waals surface area contributed by atoms with E-state index >= 15 is 0 Å². The van der Waals surface area contributed by atoms with E-state index in [4.69, 9.17) is 9.47 Å². The first-order chi connectivity index (χ1) is 15.2. The Balaban J connectivity index is 1.55. The van der Waals surface area contributed by atoms with E-state index in [0.717, 1.165) is 16.7 Å². The molecule has 2 aromatic carbocycles. The van der Waals surface area contributed by atoms with Crippen LogP contribution in [-0.4, -0.2) is 37.3 Å². The molecule has 1 heterocycles. The average molecular weight is 443 g/mol. The van der Waals surface area contributed by atoms with Crippen molar-refractivity contribution in [1.29, 1.82) is 0 Å². The number of amides is 1. The second-order valence-corrected chi connectivity index (χ2v) is 8.80. The second-order valence-electron chi connectivity index (χ2n) is 8.80. The molecule has 172 valence electrons. The fourth-order valence-corrected chi connectivity index (χ4v) is 3.97. The zero-order valence-corrected chi connectivity index (χ0v) is 18.8. The summed E-state index contributed by atoms with van der Waals surface area (Å²) in [4.78, 5) is 25.1. The molecule has 1 amide bonds. The lowest BCUT2D eigenvalue weighted by Crippen LogP contribution is -2.46. The molecule has 1 aliphatic heterocycles. The number of esters is 1. The predicted molar refractivity (Wildman–Crippen MR) is 120 cm³/mol. The van der Waals surface area contributed by atoms with Gasteiger partial charge in [0.1, 0.15) is 18.0 Å². The van der Waals surface area contributed by atoms with Crippen molar-refractivity contribution in [2.75, 3.05) is 19.6 Å². The molecule has 2 atom stereocenters. The van der Waals surface area contributed by atoms with Crippen LogP contribution in [0.5, 0.6) is 0 Å². The molecular weight excluding hydrogens is 411 g/mol. The van der Waals surface area contributed by atoms with Crippen LogP contribution in [0.3, 0.4) is 0 Å². The van der Waals surface area contributed by atoms with Gasteiger partial charge in [-0.25, -0.2) is 9.18 Å². The highest BCUT2D eigenvalue weighted by atomic mass is 19.1. The Hall–Kier alpha value is -2.93. The maximum Gasteiger partial charge on any atom is 0.407 e. The summed E-state index contributed by atoms with van der Waals surface area (Å²) in [5.41, 5.74) is 1.75. The smallest absolute Gasteiger partial charge is 0.407 e. The summed E-state index contributed by atoms with van der Waals surface area (Å²) in [6.07, 6.45) is 0.0582. The minimum Gasteiger partial charge on any atom is -0.458 e. The van der Waals surface area contributed by atoms with E-state index in [1.807, 2.05) is 37.3 Å². The lowest BCUT2D eigenvalue weighted by molar-refractivity contribution is -0.162. The summed E-state index contributed by atoms with van der Waals surface area (Å²) >= 11 is 0. The van der Waals surface area contributed by atoms with Crippen molar-refractivity contribution >= 4 is 12.1 Å². The minimum atomic E-state index is -0.907. The molecule has 6 nitrogen and oxygen atoms in total. The Bertz CT molecular complexity index is 933. The molecule has 2 aromatic rings. The van der Waals surface area contributed by atoms with Gasteiger partial charge in [0.15, 0.2) is 0 Å². The van der Waals surface area contributed by atoms with Crippen molar-refractivity contribution in [3.05, 3.63) is 71.0 Å². The van der Waals surface area contributed by atoms with Crippen LogP contribution in [0.2, 0.25) is 0 Å². The monoisotopic (exact) mass is 442 g/mol. The molecule has 1 aliphatic rings. The molecule has 0 radical (unpaired) electrons. The molecule has 0 spiro atoms. The zero-order valence-electron chi connectivity index (χ0n) is 18.8. The van der Waals surface area contributed by atoms with Crippen LogP contribution >= 0.6 is 0 Å². The summed E-state index contributed by atoms with van der Waals surface area (Å²) in [5, 5.41) is 5.98. The maximum atomic E-state index is 13.5. The van der Waals surface area contributed by atoms with Gasteiger partial charge in [0.25, 0.3) is 0 Å². The van der Waals surface area contributed by atoms with E-state index in [9.17, 15) is 14.0 Å². The number of carbonyl (C=O) groups excluding carboxylic acids is 2. The van der Waals surface area contributed by atoms with Gasteiger partial charge in [-0.2, -0.15) is 0 Å². The molecule has 7 heteroatoms. The number of alkyl carbamates (subject to hydrolysis) is 1. The lowest BCUT2D eigenvalue weighted by Gasteiger charge is -2.34. The predicted octanol–water partition coefficient (Wildman–Crippen LogP) is 4.08. The third kappa shape index (κ3) is 6.53. The number of carbonyl (C=O) groups is 2. The van der Waals surface area contributed by atoms with E-state index in [2.05, 4.69) is 10.6 Å². The fourth-order valence-electron chi connectivity index (χ4n) is 3.97. The third-order valence-electron chi connectivity index (χ3n) is 5.66. The van der Waals surface area contributed by atoms with Crippen LogP contribution in [-0.2, 0) is 20.9 Å². The molecule has 0 unspecified atom stereocenters. The van der Waals surface area contributed by atoms with E-state index in [0.29, 0.717) is 19.5 Å². The molecule has 0 saturated carbocycles. The summed E-state index contributed by atoms with van der Waals surface area (Å²) in [6, 6.07) is 14.0. The van der Waals surface area contributed by atoms with Gasteiger partial charge in [-0.05, 0) is 62.6 Å². The number of hydrogen-bond acceptors (Lipinski definition) is 5. The number of rotatable bonds is 7. The number of nitrogens with one attached hydrogen (secondary N) is 2. The van der Waals surface area contributed by atoms with Gasteiger partial charge in [-0.15, -0.1) is 0 Å². The summed E-state index contributed by atoms with van der Waals surface area (Å²) < 4.78 is 24.6. The molecule has 0 aromatic heterocycles. The molecule has 3 rings (SSSR count). The van der Waals surface area contributed by atoms with Gasteiger partial charge in [0.05, 0.1) is 12.5 Å². The van der Waals surface area contributed by atoms with E-state index in [1.165, 1.54) is 12.1 Å². The average Bonchev–Trinajstić information content (AvgIpc) is 2.77. The zero-order chi connectivity index (χ0) is 23.1. The van der Waals surface area contributed by atoms with Gasteiger partial charge in [0, 0.05) is 12.5 Å². The Morgan fingerprint density at radius 1 is 1.19 bits per heavy atom. The van der Waals surface area contributed by atoms with Crippen molar-refractivity contribution in [1.82, 2.24) is 10.6 Å². The van der Waals surface area contributed by atoms with Gasteiger partial charge in [-0.3, -0.25) is 4.79 Å². The van der Waals surface area contributed by atoms with Gasteiger partial charge < -0.3 is 20.1 Å². The first kappa shape index (κ1) is 23.7. The van der Waals surface area contributed by atoms with Crippen molar-refractivity contribution in [2.45, 2.75) is 45.3 Å². The van der Waals surface area contributed by atoms with E-state index in [1.54, 1.807) is 19.9 Å². The number of benzene rings is 2. The Kier molecular flexibility index (Phi) is 7.85. The first-order valence-electron chi connectivity index (χ1n) is 10.9. The lowest BCUT2D eigenvalue weighted by atomic mass is 9.79. The Morgan fingerprint density at radius 2 is 1.94 bits per heavy atom. The number of piperidine rings is 1. The summed E-state index contributed by atoms with van der Waals surface area (Å²) in [5.74, 6) is -1.05. The molecule has 0 aliphatic carbocycles. The highest BCUT2D eigenvalue weighted by molar-refractivity contribution is 5.75. The SMILES string of the molecule is Cc1cc(F)ccc1[C@@H]1CNCC[C@H]1C(=O)OC(C)(C)CNC(=O)OCc1ccccc1. The van der Waals surface area contributed by atoms with Gasteiger partial charge in [-0.1, -0.05) is 36.4 Å². The van der Waals surface area contributed by atoms with E-state index in [-0.39, 0.29) is 36.8 Å². The second kappa shape index (κ2) is 10.6. The molecule has 0 bridgehead atoms. The van der Waals surface area contributed by atoms with Crippen LogP contribution in [0.4, 0.5) is 9.18 Å². The van der Waals surface area contributed by atoms with Gasteiger partial charge >= 0.3 is 12.1 Å². The van der Waals surface area contributed by atoms with Crippen molar-refractivity contribution in [3.8, 4) is 0 Å². The third-order valence-corrected chi connectivity index (χ3v) is 5.66. The fraction of sp³-hybridized carbons (Fsp3) is 0.440. The number of hydrogen-bond donors (Lipinski definition) is 2. The molecular formula is C25H31FN2O4. The maximum absolute atomic E-state index is 13.5. The van der Waals surface area contributed by atoms with Crippen LogP contribution in [0, 0.1) is 18.7 Å². The minimum absolute atomic E-state index is 0.101. The van der Waals surface area contributed by atoms with Crippen molar-refractivity contribution in [2.24, 2.45) is 5.92 Å². The molecule has 2 N–H and O–H groups in total. The van der Waals surface area contributed by atoms with Crippen LogP contribution in [0.15, 0.2) is 48.5 Å². The number of halogens is 1. The van der Waals surface area contributed by atoms with E-state index < -0.39 is 11.7 Å². The number of ether oxygens (including phenoxy) is 2. The topological polar surface area (TPSA) is 76.7 Å². The summed E-state index contributed by atoms with van der Waals surface area (Å²) in [6.45, 7) is 6.98. The number of aryl methyl sites for hydroxylation is 1. The van der Waals surface area contributed by atoms with Gasteiger partial charge in [0.2, 0.25) is 0 Å². The van der Waals surface area contributed by atoms with Crippen LogP contribution < -0.4 is 10.6 Å². The molecule has 1 saturated heterocycles. The molecule has 1 fully saturated rings. The van der Waals surface area contributed by atoms with Crippen molar-refractivity contribution < 1.29 is 23.5 Å². The van der Waals surface area contributed by atoms with Crippen molar-refractivity contribution in [3.63, 3.8) is 0 Å². The Labute approximate surface area is 188 Å². The standard InChI is InChI=1S/C25H31FN2O4/c1-17-13-19(26)9-10-20(17)22-14-27-12-11-21(22)23(29)32-25(2,3)16-28-24(30)31-15-18-7-5-4-6-8-18/h4-10,13,21-22,27H,11-12,14-16H2,1-3H3,(H,28,30)/t21-,22+/m1/s1. The van der Waals surface area contributed by atoms with Crippen LogP contribution in [0.1, 0.15) is 42.9 Å². The molecule has 32 heavy (non-hydrogen) atoms. The highest BCUT2D eigenvalue weighted by Gasteiger charge is 2.36. The highest BCUT2D eigenvalue weighted by Crippen LogP contribution is 2.33. The first-order valence-corrected chi connectivity index (χ1v) is 10.9. The normalized spacial score (nSPS) is 18.6. The van der Waals surface area contributed by atoms with Crippen LogP contribution in [0.25, 0.3) is 0 Å². The quantitative estimate of drug-likeness (QED) is 0.632. The largest absolute Gasteiger partial charge is 0.458 e. The Morgan fingerprint density at radius 3 is 2.66 bits per heavy atom.